The summed E-state index contributed by atoms with van der Waals surface area (Å²) in [6, 6.07) is 16.6. The minimum atomic E-state index is -0.326. The van der Waals surface area contributed by atoms with Gasteiger partial charge in [0, 0.05) is 33.6 Å². The molecule has 0 saturated heterocycles. The number of nitrogens with one attached hydrogen (secondary N) is 2. The SMILES string of the molecule is Cc1cc(C)nc(NC(c2ccccn2)c2c(NC(=O)c3ccccc3)sc(C)c2C)n1. The van der Waals surface area contributed by atoms with Crippen LogP contribution in [0.2, 0.25) is 0 Å². The van der Waals surface area contributed by atoms with Crippen LogP contribution in [0.1, 0.15) is 49.5 Å². The lowest BCUT2D eigenvalue weighted by Gasteiger charge is -2.21. The van der Waals surface area contributed by atoms with Gasteiger partial charge in [0.05, 0.1) is 11.7 Å². The van der Waals surface area contributed by atoms with Crippen molar-refractivity contribution < 1.29 is 4.79 Å². The van der Waals surface area contributed by atoms with Crippen LogP contribution in [0.3, 0.4) is 0 Å². The lowest BCUT2D eigenvalue weighted by molar-refractivity contribution is 0.102. The van der Waals surface area contributed by atoms with E-state index in [1.54, 1.807) is 29.7 Å². The molecule has 6 nitrogen and oxygen atoms in total. The van der Waals surface area contributed by atoms with E-state index in [4.69, 9.17) is 0 Å². The maximum atomic E-state index is 12.9. The molecule has 1 aromatic carbocycles. The molecule has 0 aliphatic rings. The molecule has 0 radical (unpaired) electrons. The monoisotopic (exact) mass is 443 g/mol. The lowest BCUT2D eigenvalue weighted by Crippen LogP contribution is -2.19. The van der Waals surface area contributed by atoms with E-state index in [1.807, 2.05) is 56.3 Å². The summed E-state index contributed by atoms with van der Waals surface area (Å²) in [5, 5.41) is 7.38. The molecular weight excluding hydrogens is 418 g/mol. The number of thiophene rings is 1. The van der Waals surface area contributed by atoms with Gasteiger partial charge in [0.2, 0.25) is 5.95 Å². The Labute approximate surface area is 191 Å². The fourth-order valence-electron chi connectivity index (χ4n) is 3.61. The van der Waals surface area contributed by atoms with E-state index in [0.29, 0.717) is 11.5 Å². The van der Waals surface area contributed by atoms with E-state index >= 15 is 0 Å². The van der Waals surface area contributed by atoms with Crippen molar-refractivity contribution in [3.8, 4) is 0 Å². The van der Waals surface area contributed by atoms with Gasteiger partial charge in [0.1, 0.15) is 5.00 Å². The molecule has 7 heteroatoms. The predicted molar refractivity (Wildman–Crippen MR) is 129 cm³/mol. The quantitative estimate of drug-likeness (QED) is 0.404. The zero-order valence-corrected chi connectivity index (χ0v) is 19.3. The Bertz CT molecular complexity index is 1220. The first-order chi connectivity index (χ1) is 15.4. The average Bonchev–Trinajstić information content (AvgIpc) is 3.05. The topological polar surface area (TPSA) is 79.8 Å². The summed E-state index contributed by atoms with van der Waals surface area (Å²) in [5.41, 5.74) is 5.28. The second kappa shape index (κ2) is 9.28. The molecule has 3 heterocycles. The maximum Gasteiger partial charge on any atom is 0.256 e. The van der Waals surface area contributed by atoms with E-state index in [1.165, 1.54) is 0 Å². The van der Waals surface area contributed by atoms with Gasteiger partial charge in [-0.1, -0.05) is 24.3 Å². The summed E-state index contributed by atoms with van der Waals surface area (Å²) in [4.78, 5) is 27.8. The molecule has 1 amide bonds. The van der Waals surface area contributed by atoms with Crippen molar-refractivity contribution in [3.05, 3.63) is 99.4 Å². The largest absolute Gasteiger partial charge is 0.342 e. The molecule has 0 saturated carbocycles. The highest BCUT2D eigenvalue weighted by Gasteiger charge is 2.26. The van der Waals surface area contributed by atoms with Crippen LogP contribution in [0.4, 0.5) is 10.9 Å². The van der Waals surface area contributed by atoms with Gasteiger partial charge >= 0.3 is 0 Å². The van der Waals surface area contributed by atoms with Gasteiger partial charge in [-0.05, 0) is 63.6 Å². The highest BCUT2D eigenvalue weighted by molar-refractivity contribution is 7.16. The van der Waals surface area contributed by atoms with Crippen LogP contribution >= 0.6 is 11.3 Å². The van der Waals surface area contributed by atoms with Gasteiger partial charge in [0.15, 0.2) is 0 Å². The summed E-state index contributed by atoms with van der Waals surface area (Å²) in [7, 11) is 0. The van der Waals surface area contributed by atoms with Crippen LogP contribution in [-0.4, -0.2) is 20.9 Å². The molecule has 0 aliphatic carbocycles. The van der Waals surface area contributed by atoms with Gasteiger partial charge in [-0.3, -0.25) is 9.78 Å². The number of benzene rings is 1. The van der Waals surface area contributed by atoms with Gasteiger partial charge < -0.3 is 10.6 Å². The Morgan fingerprint density at radius 1 is 0.938 bits per heavy atom. The number of aromatic nitrogens is 3. The Balaban J connectivity index is 1.78. The third-order valence-electron chi connectivity index (χ3n) is 5.22. The summed E-state index contributed by atoms with van der Waals surface area (Å²) < 4.78 is 0. The molecule has 0 aliphatic heterocycles. The number of carbonyl (C=O) groups is 1. The first-order valence-electron chi connectivity index (χ1n) is 10.4. The van der Waals surface area contributed by atoms with Crippen LogP contribution < -0.4 is 10.6 Å². The standard InChI is InChI=1S/C25H25N5OS/c1-15-14-16(2)28-25(27-15)29-22(20-12-8-9-13-26-20)21-17(3)18(4)32-24(21)30-23(31)19-10-6-5-7-11-19/h5-14,22H,1-4H3,(H,30,31)(H,27,28,29). The second-order valence-electron chi connectivity index (χ2n) is 7.65. The van der Waals surface area contributed by atoms with E-state index in [0.717, 1.165) is 38.1 Å². The van der Waals surface area contributed by atoms with E-state index in [2.05, 4.69) is 39.4 Å². The Hall–Kier alpha value is -3.58. The zero-order valence-electron chi connectivity index (χ0n) is 18.5. The van der Waals surface area contributed by atoms with Crippen molar-refractivity contribution >= 4 is 28.2 Å². The summed E-state index contributed by atoms with van der Waals surface area (Å²) in [5.74, 6) is 0.386. The van der Waals surface area contributed by atoms with Crippen molar-refractivity contribution in [2.24, 2.45) is 0 Å². The molecule has 3 aromatic heterocycles. The van der Waals surface area contributed by atoms with Crippen molar-refractivity contribution in [1.82, 2.24) is 15.0 Å². The summed E-state index contributed by atoms with van der Waals surface area (Å²) >= 11 is 1.56. The van der Waals surface area contributed by atoms with Gasteiger partial charge in [-0.2, -0.15) is 0 Å². The Kier molecular flexibility index (Phi) is 6.28. The van der Waals surface area contributed by atoms with Crippen molar-refractivity contribution in [3.63, 3.8) is 0 Å². The normalized spacial score (nSPS) is 11.8. The molecule has 4 rings (SSSR count). The van der Waals surface area contributed by atoms with Gasteiger partial charge in [-0.25, -0.2) is 9.97 Å². The minimum Gasteiger partial charge on any atom is -0.342 e. The van der Waals surface area contributed by atoms with E-state index < -0.39 is 0 Å². The first kappa shape index (κ1) is 21.6. The number of amides is 1. The van der Waals surface area contributed by atoms with Crippen LogP contribution in [0, 0.1) is 27.7 Å². The van der Waals surface area contributed by atoms with Crippen LogP contribution in [0.15, 0.2) is 60.8 Å². The number of anilines is 2. The maximum absolute atomic E-state index is 12.9. The molecule has 4 aromatic rings. The van der Waals surface area contributed by atoms with E-state index in [-0.39, 0.29) is 11.9 Å². The smallest absolute Gasteiger partial charge is 0.256 e. The molecule has 0 bridgehead atoms. The number of carbonyl (C=O) groups excluding carboxylic acids is 1. The molecule has 0 spiro atoms. The third kappa shape index (κ3) is 4.68. The molecule has 1 unspecified atom stereocenters. The highest BCUT2D eigenvalue weighted by atomic mass is 32.1. The molecule has 32 heavy (non-hydrogen) atoms. The molecule has 162 valence electrons. The zero-order chi connectivity index (χ0) is 22.7. The third-order valence-corrected chi connectivity index (χ3v) is 6.36. The van der Waals surface area contributed by atoms with Crippen LogP contribution in [0.5, 0.6) is 0 Å². The van der Waals surface area contributed by atoms with Crippen molar-refractivity contribution in [1.29, 1.82) is 0 Å². The van der Waals surface area contributed by atoms with Crippen molar-refractivity contribution in [2.75, 3.05) is 10.6 Å². The number of nitrogens with zero attached hydrogens (tertiary/aromatic N) is 3. The number of hydrogen-bond acceptors (Lipinski definition) is 6. The summed E-state index contributed by atoms with van der Waals surface area (Å²) in [6.07, 6.45) is 1.77. The van der Waals surface area contributed by atoms with Gasteiger partial charge in [0.25, 0.3) is 5.91 Å². The number of aryl methyl sites for hydroxylation is 3. The van der Waals surface area contributed by atoms with E-state index in [9.17, 15) is 4.79 Å². The highest BCUT2D eigenvalue weighted by Crippen LogP contribution is 2.40. The molecule has 2 N–H and O–H groups in total. The van der Waals surface area contributed by atoms with Gasteiger partial charge in [-0.15, -0.1) is 11.3 Å². The Morgan fingerprint density at radius 3 is 2.28 bits per heavy atom. The average molecular weight is 444 g/mol. The molecule has 0 fully saturated rings. The minimum absolute atomic E-state index is 0.143. The van der Waals surface area contributed by atoms with Crippen LogP contribution in [0.25, 0.3) is 0 Å². The molecular formula is C25H25N5OS. The first-order valence-corrected chi connectivity index (χ1v) is 11.2. The lowest BCUT2D eigenvalue weighted by atomic mass is 10.00. The fourth-order valence-corrected chi connectivity index (χ4v) is 4.70. The number of pyridine rings is 1. The second-order valence-corrected chi connectivity index (χ2v) is 8.88. The number of rotatable bonds is 6. The molecule has 1 atom stereocenters. The predicted octanol–water partition coefficient (Wildman–Crippen LogP) is 5.62. The van der Waals surface area contributed by atoms with Crippen molar-refractivity contribution in [2.45, 2.75) is 33.7 Å². The van der Waals surface area contributed by atoms with Crippen LogP contribution in [-0.2, 0) is 0 Å². The summed E-state index contributed by atoms with van der Waals surface area (Å²) in [6.45, 7) is 8.02. The number of hydrogen-bond donors (Lipinski definition) is 2. The fraction of sp³-hybridized carbons (Fsp3) is 0.200. The Morgan fingerprint density at radius 2 is 1.62 bits per heavy atom.